The zero-order valence-electron chi connectivity index (χ0n) is 15.1. The maximum Gasteiger partial charge on any atom is 0.233 e. The van der Waals surface area contributed by atoms with Gasteiger partial charge < -0.3 is 10.2 Å². The van der Waals surface area contributed by atoms with Gasteiger partial charge in [-0.3, -0.25) is 9.59 Å². The maximum absolute atomic E-state index is 12.9. The van der Waals surface area contributed by atoms with Crippen LogP contribution in [-0.4, -0.2) is 27.4 Å². The van der Waals surface area contributed by atoms with Crippen LogP contribution in [-0.2, 0) is 9.59 Å². The van der Waals surface area contributed by atoms with Crippen LogP contribution in [0.25, 0.3) is 0 Å². The van der Waals surface area contributed by atoms with Crippen molar-refractivity contribution in [3.63, 3.8) is 0 Å². The van der Waals surface area contributed by atoms with Crippen molar-refractivity contribution in [1.29, 1.82) is 0 Å². The van der Waals surface area contributed by atoms with Crippen molar-refractivity contribution in [3.05, 3.63) is 34.6 Å². The van der Waals surface area contributed by atoms with E-state index in [9.17, 15) is 19.8 Å². The summed E-state index contributed by atoms with van der Waals surface area (Å²) in [6, 6.07) is 0. The lowest BCUT2D eigenvalue weighted by atomic mass is 9.48. The summed E-state index contributed by atoms with van der Waals surface area (Å²) >= 11 is 0. The van der Waals surface area contributed by atoms with E-state index < -0.39 is 28.0 Å². The molecule has 1 saturated carbocycles. The lowest BCUT2D eigenvalue weighted by Gasteiger charge is -2.58. The van der Waals surface area contributed by atoms with Gasteiger partial charge in [0.2, 0.25) is 11.6 Å². The van der Waals surface area contributed by atoms with Gasteiger partial charge in [-0.25, -0.2) is 0 Å². The second-order valence-electron chi connectivity index (χ2n) is 8.53. The second kappa shape index (κ2) is 4.92. The Kier molecular flexibility index (Phi) is 3.51. The lowest BCUT2D eigenvalue weighted by molar-refractivity contribution is -0.147. The SMILES string of the molecule is CC(C)C1=C(O)C2=C(C(=O)C1=O)C1(C)CCCC(C)(C)C1(O)C=C2. The zero-order chi connectivity index (χ0) is 18.1. The van der Waals surface area contributed by atoms with Gasteiger partial charge in [-0.05, 0) is 24.2 Å². The highest BCUT2D eigenvalue weighted by atomic mass is 16.3. The molecule has 130 valence electrons. The average Bonchev–Trinajstić information content (AvgIpc) is 2.46. The predicted octanol–water partition coefficient (Wildman–Crippen LogP) is 3.42. The fourth-order valence-corrected chi connectivity index (χ4v) is 4.92. The van der Waals surface area contributed by atoms with Gasteiger partial charge in [0.1, 0.15) is 5.76 Å². The van der Waals surface area contributed by atoms with Crippen LogP contribution in [0.1, 0.15) is 53.9 Å². The van der Waals surface area contributed by atoms with E-state index in [0.29, 0.717) is 12.0 Å². The van der Waals surface area contributed by atoms with Crippen molar-refractivity contribution in [1.82, 2.24) is 0 Å². The molecule has 0 aromatic rings. The Labute approximate surface area is 142 Å². The highest BCUT2D eigenvalue weighted by Crippen LogP contribution is 2.61. The molecule has 0 amide bonds. The number of aliphatic hydroxyl groups is 2. The van der Waals surface area contributed by atoms with Crippen molar-refractivity contribution in [3.8, 4) is 0 Å². The van der Waals surface area contributed by atoms with E-state index >= 15 is 0 Å². The van der Waals surface area contributed by atoms with Crippen LogP contribution < -0.4 is 0 Å². The largest absolute Gasteiger partial charge is 0.507 e. The lowest BCUT2D eigenvalue weighted by Crippen LogP contribution is -2.61. The van der Waals surface area contributed by atoms with Crippen LogP contribution in [0.3, 0.4) is 0 Å². The number of hydrogen-bond acceptors (Lipinski definition) is 4. The highest BCUT2D eigenvalue weighted by Gasteiger charge is 2.62. The Hall–Kier alpha value is -1.68. The Morgan fingerprint density at radius 1 is 1.08 bits per heavy atom. The molecular formula is C20H26O4. The van der Waals surface area contributed by atoms with Gasteiger partial charge in [0.15, 0.2) is 0 Å². The van der Waals surface area contributed by atoms with Crippen LogP contribution >= 0.6 is 0 Å². The van der Waals surface area contributed by atoms with Gasteiger partial charge >= 0.3 is 0 Å². The monoisotopic (exact) mass is 330 g/mol. The first-order chi connectivity index (χ1) is 11.0. The summed E-state index contributed by atoms with van der Waals surface area (Å²) in [5.74, 6) is -1.55. The number of fused-ring (bicyclic) bond motifs is 2. The van der Waals surface area contributed by atoms with Gasteiger partial charge in [-0.15, -0.1) is 0 Å². The number of carbonyl (C=O) groups excluding carboxylic acids is 2. The number of Topliss-reactive ketones (excluding diaryl/α,β-unsaturated/α-hetero) is 2. The van der Waals surface area contributed by atoms with Crippen molar-refractivity contribution >= 4 is 11.6 Å². The van der Waals surface area contributed by atoms with E-state index in [1.165, 1.54) is 0 Å². The van der Waals surface area contributed by atoms with Crippen LogP contribution in [0.2, 0.25) is 0 Å². The van der Waals surface area contributed by atoms with E-state index in [4.69, 9.17) is 0 Å². The minimum absolute atomic E-state index is 0.104. The Bertz CT molecular complexity index is 735. The summed E-state index contributed by atoms with van der Waals surface area (Å²) in [5.41, 5.74) is -1.64. The molecule has 0 aliphatic heterocycles. The molecule has 0 aromatic heterocycles. The molecule has 0 radical (unpaired) electrons. The molecule has 24 heavy (non-hydrogen) atoms. The maximum atomic E-state index is 12.9. The van der Waals surface area contributed by atoms with Crippen molar-refractivity contribution in [2.45, 2.75) is 59.5 Å². The topological polar surface area (TPSA) is 74.6 Å². The molecule has 3 aliphatic carbocycles. The van der Waals surface area contributed by atoms with Gasteiger partial charge in [-0.2, -0.15) is 0 Å². The van der Waals surface area contributed by atoms with Crippen molar-refractivity contribution < 1.29 is 19.8 Å². The molecule has 0 spiro atoms. The number of allylic oxidation sites excluding steroid dienone is 2. The molecular weight excluding hydrogens is 304 g/mol. The number of rotatable bonds is 1. The van der Waals surface area contributed by atoms with E-state index in [0.717, 1.165) is 12.8 Å². The normalized spacial score (nSPS) is 35.5. The molecule has 1 fully saturated rings. The quantitative estimate of drug-likeness (QED) is 0.571. The van der Waals surface area contributed by atoms with E-state index in [2.05, 4.69) is 0 Å². The zero-order valence-corrected chi connectivity index (χ0v) is 15.1. The number of hydrogen-bond donors (Lipinski definition) is 2. The molecule has 0 saturated heterocycles. The predicted molar refractivity (Wildman–Crippen MR) is 91.4 cm³/mol. The molecule has 3 aliphatic rings. The summed E-state index contributed by atoms with van der Waals surface area (Å²) in [6.07, 6.45) is 5.67. The number of aliphatic hydroxyl groups excluding tert-OH is 1. The first-order valence-corrected chi connectivity index (χ1v) is 8.67. The Morgan fingerprint density at radius 2 is 1.71 bits per heavy atom. The van der Waals surface area contributed by atoms with Crippen LogP contribution in [0, 0.1) is 16.7 Å². The van der Waals surface area contributed by atoms with E-state index in [-0.39, 0.29) is 22.8 Å². The molecule has 2 unspecified atom stereocenters. The Morgan fingerprint density at radius 3 is 2.29 bits per heavy atom. The number of carbonyl (C=O) groups is 2. The van der Waals surface area contributed by atoms with Crippen LogP contribution in [0.15, 0.2) is 34.6 Å². The molecule has 4 nitrogen and oxygen atoms in total. The standard InChI is InChI=1S/C20H26O4/c1-11(2)13-15(21)12-7-10-20(24)18(3,4)8-6-9-19(20,5)14(12)17(23)16(13)22/h7,10-11,21,24H,6,8-9H2,1-5H3. The smallest absolute Gasteiger partial charge is 0.233 e. The van der Waals surface area contributed by atoms with Gasteiger partial charge in [-0.1, -0.05) is 53.2 Å². The summed E-state index contributed by atoms with van der Waals surface area (Å²) in [4.78, 5) is 25.5. The molecule has 0 bridgehead atoms. The third kappa shape index (κ3) is 1.83. The summed E-state index contributed by atoms with van der Waals surface area (Å²) in [7, 11) is 0. The fraction of sp³-hybridized carbons (Fsp3) is 0.600. The van der Waals surface area contributed by atoms with E-state index in [1.807, 2.05) is 20.8 Å². The minimum atomic E-state index is -1.22. The third-order valence-corrected chi connectivity index (χ3v) is 6.43. The van der Waals surface area contributed by atoms with Gasteiger partial charge in [0.25, 0.3) is 0 Å². The van der Waals surface area contributed by atoms with Crippen LogP contribution in [0.4, 0.5) is 0 Å². The molecule has 2 N–H and O–H groups in total. The third-order valence-electron chi connectivity index (χ3n) is 6.43. The molecule has 4 heteroatoms. The highest BCUT2D eigenvalue weighted by molar-refractivity contribution is 6.50. The van der Waals surface area contributed by atoms with Gasteiger partial charge in [0.05, 0.1) is 5.60 Å². The average molecular weight is 330 g/mol. The molecule has 0 heterocycles. The summed E-state index contributed by atoms with van der Waals surface area (Å²) in [5, 5.41) is 22.2. The Balaban J connectivity index is 2.30. The molecule has 3 rings (SSSR count). The molecule has 0 aromatic carbocycles. The van der Waals surface area contributed by atoms with Crippen molar-refractivity contribution in [2.24, 2.45) is 16.7 Å². The first kappa shape index (κ1) is 17.2. The minimum Gasteiger partial charge on any atom is -0.507 e. The van der Waals surface area contributed by atoms with Crippen LogP contribution in [0.5, 0.6) is 0 Å². The molecule has 2 atom stereocenters. The summed E-state index contributed by atoms with van der Waals surface area (Å²) < 4.78 is 0. The second-order valence-corrected chi connectivity index (χ2v) is 8.53. The summed E-state index contributed by atoms with van der Waals surface area (Å²) in [6.45, 7) is 9.41. The van der Waals surface area contributed by atoms with Gasteiger partial charge in [0, 0.05) is 22.1 Å². The number of ketones is 2. The van der Waals surface area contributed by atoms with Crippen molar-refractivity contribution in [2.75, 3.05) is 0 Å². The van der Waals surface area contributed by atoms with E-state index in [1.54, 1.807) is 26.0 Å². The first-order valence-electron chi connectivity index (χ1n) is 8.67. The fourth-order valence-electron chi connectivity index (χ4n) is 4.92.